The van der Waals surface area contributed by atoms with E-state index in [0.717, 1.165) is 88.2 Å². The van der Waals surface area contributed by atoms with Gasteiger partial charge in [0.25, 0.3) is 0 Å². The molecule has 14 nitrogen and oxygen atoms in total. The maximum atomic E-state index is 12.5. The van der Waals surface area contributed by atoms with Gasteiger partial charge in [0.15, 0.2) is 5.75 Å². The van der Waals surface area contributed by atoms with Crippen molar-refractivity contribution in [1.82, 2.24) is 29.8 Å². The number of likely N-dealkylation sites (tertiary alicyclic amines) is 1. The van der Waals surface area contributed by atoms with Crippen LogP contribution in [0.5, 0.6) is 5.75 Å². The maximum absolute atomic E-state index is 12.5. The second kappa shape index (κ2) is 15.1. The third-order valence-electron chi connectivity index (χ3n) is 12.3. The van der Waals surface area contributed by atoms with E-state index < -0.39 is 0 Å². The summed E-state index contributed by atoms with van der Waals surface area (Å²) in [6, 6.07) is 10.6. The van der Waals surface area contributed by atoms with Gasteiger partial charge < -0.3 is 19.4 Å². The standard InChI is InChI=1S/C39H51N9O5/c1-42-24-30(22-40-42)33-20-36(48(51)52)37(53-2)21-35(33)46-17-15-45(16-18-46)31-9-11-43(12-10-31)23-27-7-13-44(14-8-27)32-4-3-28-25-47(26-29(28)19-32)34-5-6-38(49)41-39(34)50/h3-4,19-22,24,27,31,34H,5-18,23,25-26H2,1-2H3,(H,41,49,50). The number of anilines is 2. The number of nitrogens with zero attached hydrogens (tertiary/aromatic N) is 8. The molecular weight excluding hydrogens is 674 g/mol. The molecule has 53 heavy (non-hydrogen) atoms. The molecule has 5 aliphatic rings. The fourth-order valence-electron chi connectivity index (χ4n) is 9.31. The molecule has 2 aromatic carbocycles. The van der Waals surface area contributed by atoms with E-state index >= 15 is 0 Å². The Hall–Kier alpha value is -4.53. The summed E-state index contributed by atoms with van der Waals surface area (Å²) in [6.45, 7) is 10.8. The second-order valence-corrected chi connectivity index (χ2v) is 15.5. The Morgan fingerprint density at radius 3 is 2.32 bits per heavy atom. The molecule has 1 N–H and O–H groups in total. The van der Waals surface area contributed by atoms with Crippen molar-refractivity contribution in [2.45, 2.75) is 63.7 Å². The quantitative estimate of drug-likeness (QED) is 0.197. The lowest BCUT2D eigenvalue weighted by atomic mass is 9.93. The lowest BCUT2D eigenvalue weighted by molar-refractivity contribution is -0.385. The first kappa shape index (κ1) is 35.5. The number of piperazine rings is 1. The molecule has 8 rings (SSSR count). The number of benzene rings is 2. The van der Waals surface area contributed by atoms with Crippen molar-refractivity contribution in [2.24, 2.45) is 13.0 Å². The lowest BCUT2D eigenvalue weighted by Gasteiger charge is -2.44. The van der Waals surface area contributed by atoms with Crippen LogP contribution in [0.25, 0.3) is 11.1 Å². The molecule has 0 spiro atoms. The summed E-state index contributed by atoms with van der Waals surface area (Å²) in [5, 5.41) is 18.7. The normalized spacial score (nSPS) is 22.6. The van der Waals surface area contributed by atoms with Crippen LogP contribution >= 0.6 is 0 Å². The molecule has 14 heteroatoms. The molecule has 2 amide bonds. The van der Waals surface area contributed by atoms with Gasteiger partial charge in [0.2, 0.25) is 11.8 Å². The molecule has 4 saturated heterocycles. The summed E-state index contributed by atoms with van der Waals surface area (Å²) < 4.78 is 7.18. The molecule has 0 saturated carbocycles. The number of hydrogen-bond donors (Lipinski definition) is 1. The number of fused-ring (bicyclic) bond motifs is 1. The summed E-state index contributed by atoms with van der Waals surface area (Å²) in [5.41, 5.74) is 6.47. The Bertz CT molecular complexity index is 1840. The number of amides is 2. The van der Waals surface area contributed by atoms with Crippen LogP contribution in [-0.4, -0.2) is 119 Å². The summed E-state index contributed by atoms with van der Waals surface area (Å²) in [6.07, 6.45) is 9.47. The Balaban J connectivity index is 0.798. The molecule has 6 heterocycles. The minimum Gasteiger partial charge on any atom is -0.490 e. The molecule has 0 radical (unpaired) electrons. The fourth-order valence-corrected chi connectivity index (χ4v) is 9.31. The van der Waals surface area contributed by atoms with Gasteiger partial charge in [-0.15, -0.1) is 0 Å². The van der Waals surface area contributed by atoms with Gasteiger partial charge in [-0.25, -0.2) is 0 Å². The topological polar surface area (TPSA) is 133 Å². The van der Waals surface area contributed by atoms with Crippen LogP contribution in [0.2, 0.25) is 0 Å². The minimum atomic E-state index is -0.382. The van der Waals surface area contributed by atoms with Crippen LogP contribution < -0.4 is 19.9 Å². The molecule has 282 valence electrons. The smallest absolute Gasteiger partial charge is 0.311 e. The van der Waals surface area contributed by atoms with Gasteiger partial charge in [0.1, 0.15) is 0 Å². The molecule has 0 aliphatic carbocycles. The van der Waals surface area contributed by atoms with Crippen LogP contribution in [0.4, 0.5) is 17.1 Å². The fraction of sp³-hybridized carbons (Fsp3) is 0.564. The number of ether oxygens (including phenoxy) is 1. The van der Waals surface area contributed by atoms with Gasteiger partial charge in [-0.05, 0) is 74.4 Å². The molecule has 1 atom stereocenters. The van der Waals surface area contributed by atoms with Gasteiger partial charge in [-0.3, -0.25) is 39.5 Å². The summed E-state index contributed by atoms with van der Waals surface area (Å²) in [7, 11) is 3.34. The van der Waals surface area contributed by atoms with E-state index in [1.54, 1.807) is 16.9 Å². The number of aromatic nitrogens is 2. The first-order chi connectivity index (χ1) is 25.7. The van der Waals surface area contributed by atoms with E-state index in [1.807, 2.05) is 19.3 Å². The lowest BCUT2D eigenvalue weighted by Crippen LogP contribution is -2.53. The predicted molar refractivity (Wildman–Crippen MR) is 202 cm³/mol. The highest BCUT2D eigenvalue weighted by Gasteiger charge is 2.36. The maximum Gasteiger partial charge on any atom is 0.311 e. The monoisotopic (exact) mass is 725 g/mol. The number of carbonyl (C=O) groups is 2. The van der Waals surface area contributed by atoms with Gasteiger partial charge in [-0.2, -0.15) is 5.10 Å². The molecule has 1 unspecified atom stereocenters. The van der Waals surface area contributed by atoms with Gasteiger partial charge in [0.05, 0.1) is 24.3 Å². The number of aryl methyl sites for hydroxylation is 1. The van der Waals surface area contributed by atoms with Crippen molar-refractivity contribution in [3.8, 4) is 16.9 Å². The zero-order chi connectivity index (χ0) is 36.6. The van der Waals surface area contributed by atoms with Crippen molar-refractivity contribution in [2.75, 3.05) is 75.8 Å². The number of nitro groups is 1. The summed E-state index contributed by atoms with van der Waals surface area (Å²) >= 11 is 0. The van der Waals surface area contributed by atoms with Crippen molar-refractivity contribution >= 4 is 28.9 Å². The number of hydrogen-bond acceptors (Lipinski definition) is 11. The molecule has 4 fully saturated rings. The predicted octanol–water partition coefficient (Wildman–Crippen LogP) is 3.63. The molecular formula is C39H51N9O5. The van der Waals surface area contributed by atoms with Crippen molar-refractivity contribution in [3.63, 3.8) is 0 Å². The molecule has 0 bridgehead atoms. The highest BCUT2D eigenvalue weighted by molar-refractivity contribution is 6.00. The van der Waals surface area contributed by atoms with E-state index in [4.69, 9.17) is 4.74 Å². The van der Waals surface area contributed by atoms with E-state index in [2.05, 4.69) is 53.1 Å². The van der Waals surface area contributed by atoms with E-state index in [1.165, 1.54) is 56.2 Å². The number of carbonyl (C=O) groups excluding carboxylic acids is 2. The number of nitrogens with one attached hydrogen (secondary N) is 1. The van der Waals surface area contributed by atoms with Gasteiger partial charge in [-0.1, -0.05) is 6.07 Å². The van der Waals surface area contributed by atoms with Gasteiger partial charge in [0, 0.05) is 119 Å². The van der Waals surface area contributed by atoms with E-state index in [0.29, 0.717) is 18.9 Å². The third-order valence-corrected chi connectivity index (χ3v) is 12.3. The number of imide groups is 1. The Morgan fingerprint density at radius 1 is 0.887 bits per heavy atom. The van der Waals surface area contributed by atoms with Crippen LogP contribution in [0.3, 0.4) is 0 Å². The molecule has 5 aliphatic heterocycles. The van der Waals surface area contributed by atoms with Crippen LogP contribution in [0, 0.1) is 16.0 Å². The van der Waals surface area contributed by atoms with Crippen molar-refractivity contribution in [3.05, 3.63) is 64.0 Å². The highest BCUT2D eigenvalue weighted by Crippen LogP contribution is 2.41. The van der Waals surface area contributed by atoms with Crippen LogP contribution in [0.15, 0.2) is 42.7 Å². The third kappa shape index (κ3) is 7.49. The Kier molecular flexibility index (Phi) is 10.1. The van der Waals surface area contributed by atoms with Gasteiger partial charge >= 0.3 is 5.69 Å². The average molecular weight is 726 g/mol. The first-order valence-electron chi connectivity index (χ1n) is 19.2. The molecule has 1 aromatic heterocycles. The summed E-state index contributed by atoms with van der Waals surface area (Å²) in [5.74, 6) is 0.682. The first-order valence-corrected chi connectivity index (χ1v) is 19.2. The number of nitro benzene ring substituents is 1. The van der Waals surface area contributed by atoms with Crippen LogP contribution in [0.1, 0.15) is 49.7 Å². The van der Waals surface area contributed by atoms with E-state index in [-0.39, 0.29) is 34.2 Å². The minimum absolute atomic E-state index is 0.0354. The van der Waals surface area contributed by atoms with Crippen LogP contribution in [-0.2, 0) is 29.7 Å². The second-order valence-electron chi connectivity index (χ2n) is 15.5. The summed E-state index contributed by atoms with van der Waals surface area (Å²) in [4.78, 5) is 48.0. The zero-order valence-corrected chi connectivity index (χ0v) is 30.9. The van der Waals surface area contributed by atoms with Crippen molar-refractivity contribution < 1.29 is 19.2 Å². The Labute approximate surface area is 310 Å². The number of rotatable bonds is 9. The van der Waals surface area contributed by atoms with E-state index in [9.17, 15) is 19.7 Å². The molecule has 3 aromatic rings. The highest BCUT2D eigenvalue weighted by atomic mass is 16.6. The van der Waals surface area contributed by atoms with Crippen molar-refractivity contribution in [1.29, 1.82) is 0 Å². The number of methoxy groups -OCH3 is 1. The average Bonchev–Trinajstić information content (AvgIpc) is 3.80. The largest absolute Gasteiger partial charge is 0.490 e. The SMILES string of the molecule is COc1cc(N2CCN(C3CCN(CC4CCN(c5ccc6c(c5)CN(C5CCC(=O)NC5=O)C6)CC4)CC3)CC2)c(-c2cnn(C)c2)cc1[N+](=O)[O-]. The zero-order valence-electron chi connectivity index (χ0n) is 30.9. The number of piperidine rings is 3. The Morgan fingerprint density at radius 2 is 1.64 bits per heavy atom.